The van der Waals surface area contributed by atoms with Gasteiger partial charge in [0.05, 0.1) is 6.42 Å². The summed E-state index contributed by atoms with van der Waals surface area (Å²) >= 11 is 0. The van der Waals surface area contributed by atoms with Gasteiger partial charge in [-0.3, -0.25) is 4.79 Å². The molecule has 0 spiro atoms. The van der Waals surface area contributed by atoms with E-state index in [1.807, 2.05) is 0 Å². The van der Waals surface area contributed by atoms with Crippen LogP contribution in [0.2, 0.25) is 0 Å². The first-order valence-corrected chi connectivity index (χ1v) is 5.86. The predicted molar refractivity (Wildman–Crippen MR) is 66.9 cm³/mol. The smallest absolute Gasteiger partial charge is 0.315 e. The zero-order chi connectivity index (χ0) is 13.7. The average molecular weight is 244 g/mol. The van der Waals surface area contributed by atoms with Crippen LogP contribution < -0.4 is 10.6 Å². The standard InChI is InChI=1S/C12H24N2O3/c1-6-11(2,3)8-13-10(17)14-12(4,5)7-9(15)16/h6-8H2,1-5H3,(H,15,16)(H2,13,14,17). The lowest BCUT2D eigenvalue weighted by molar-refractivity contribution is -0.138. The zero-order valence-electron chi connectivity index (χ0n) is 11.4. The highest BCUT2D eigenvalue weighted by Crippen LogP contribution is 2.17. The molecule has 5 heteroatoms. The Labute approximate surface area is 103 Å². The molecule has 100 valence electrons. The highest BCUT2D eigenvalue weighted by atomic mass is 16.4. The van der Waals surface area contributed by atoms with Crippen LogP contribution in [0.5, 0.6) is 0 Å². The summed E-state index contributed by atoms with van der Waals surface area (Å²) in [6.07, 6.45) is 0.864. The van der Waals surface area contributed by atoms with E-state index in [4.69, 9.17) is 5.11 Å². The van der Waals surface area contributed by atoms with Crippen molar-refractivity contribution in [1.82, 2.24) is 10.6 Å². The van der Waals surface area contributed by atoms with Gasteiger partial charge in [-0.1, -0.05) is 20.8 Å². The number of rotatable bonds is 6. The van der Waals surface area contributed by atoms with Gasteiger partial charge >= 0.3 is 12.0 Å². The second-order valence-corrected chi connectivity index (χ2v) is 5.78. The van der Waals surface area contributed by atoms with Crippen LogP contribution in [0.1, 0.15) is 47.5 Å². The van der Waals surface area contributed by atoms with Crippen molar-refractivity contribution in [3.05, 3.63) is 0 Å². The lowest BCUT2D eigenvalue weighted by atomic mass is 9.90. The molecule has 0 saturated heterocycles. The first-order valence-electron chi connectivity index (χ1n) is 5.86. The average Bonchev–Trinajstić information content (AvgIpc) is 2.12. The zero-order valence-corrected chi connectivity index (χ0v) is 11.4. The Bertz CT molecular complexity index is 285. The van der Waals surface area contributed by atoms with Crippen LogP contribution >= 0.6 is 0 Å². The first kappa shape index (κ1) is 15.7. The van der Waals surface area contributed by atoms with Crippen LogP contribution in [0.15, 0.2) is 0 Å². The molecule has 0 radical (unpaired) electrons. The summed E-state index contributed by atoms with van der Waals surface area (Å²) in [5.41, 5.74) is -0.694. The van der Waals surface area contributed by atoms with E-state index in [-0.39, 0.29) is 17.9 Å². The highest BCUT2D eigenvalue weighted by Gasteiger charge is 2.24. The normalized spacial score (nSPS) is 12.1. The number of urea groups is 1. The van der Waals surface area contributed by atoms with E-state index in [0.717, 1.165) is 6.42 Å². The van der Waals surface area contributed by atoms with Crippen LogP contribution in [0.3, 0.4) is 0 Å². The Hall–Kier alpha value is -1.26. The minimum absolute atomic E-state index is 0.0499. The van der Waals surface area contributed by atoms with Gasteiger partial charge in [-0.25, -0.2) is 4.79 Å². The van der Waals surface area contributed by atoms with Gasteiger partial charge in [-0.2, -0.15) is 0 Å². The van der Waals surface area contributed by atoms with Gasteiger partial charge < -0.3 is 15.7 Å². The third-order valence-corrected chi connectivity index (χ3v) is 2.73. The van der Waals surface area contributed by atoms with Crippen molar-refractivity contribution < 1.29 is 14.7 Å². The molecule has 0 aliphatic rings. The van der Waals surface area contributed by atoms with Crippen molar-refractivity contribution in [2.45, 2.75) is 53.0 Å². The number of carbonyl (C=O) groups excluding carboxylic acids is 1. The number of carboxylic acid groups (broad SMARTS) is 1. The summed E-state index contributed by atoms with van der Waals surface area (Å²) in [7, 11) is 0. The molecule has 17 heavy (non-hydrogen) atoms. The predicted octanol–water partition coefficient (Wildman–Crippen LogP) is 1.98. The lowest BCUT2D eigenvalue weighted by Crippen LogP contribution is -2.50. The monoisotopic (exact) mass is 244 g/mol. The number of amides is 2. The summed E-state index contributed by atoms with van der Waals surface area (Å²) in [5, 5.41) is 14.1. The minimum Gasteiger partial charge on any atom is -0.481 e. The number of aliphatic carboxylic acids is 1. The Morgan fingerprint density at radius 3 is 2.12 bits per heavy atom. The number of hydrogen-bond donors (Lipinski definition) is 3. The number of nitrogens with one attached hydrogen (secondary N) is 2. The molecular formula is C12H24N2O3. The molecule has 0 rings (SSSR count). The summed E-state index contributed by atoms with van der Waals surface area (Å²) < 4.78 is 0. The largest absolute Gasteiger partial charge is 0.481 e. The molecule has 2 amide bonds. The quantitative estimate of drug-likeness (QED) is 0.668. The number of carbonyl (C=O) groups is 2. The molecule has 3 N–H and O–H groups in total. The van der Waals surface area contributed by atoms with Crippen LogP contribution in [-0.4, -0.2) is 29.2 Å². The molecule has 0 aromatic carbocycles. The van der Waals surface area contributed by atoms with Crippen molar-refractivity contribution in [2.75, 3.05) is 6.54 Å². The second-order valence-electron chi connectivity index (χ2n) is 5.78. The van der Waals surface area contributed by atoms with E-state index in [9.17, 15) is 9.59 Å². The van der Waals surface area contributed by atoms with Crippen molar-refractivity contribution in [3.8, 4) is 0 Å². The summed E-state index contributed by atoms with van der Waals surface area (Å²) in [4.78, 5) is 22.2. The molecular weight excluding hydrogens is 220 g/mol. The summed E-state index contributed by atoms with van der Waals surface area (Å²) in [5.74, 6) is -0.927. The Morgan fingerprint density at radius 1 is 1.18 bits per heavy atom. The Kier molecular flexibility index (Phi) is 5.45. The van der Waals surface area contributed by atoms with E-state index in [1.54, 1.807) is 13.8 Å². The van der Waals surface area contributed by atoms with Crippen LogP contribution in [0.25, 0.3) is 0 Å². The molecule has 0 aliphatic carbocycles. The molecule has 0 saturated carbocycles. The number of carboxylic acids is 1. The minimum atomic E-state index is -0.927. The SMILES string of the molecule is CCC(C)(C)CNC(=O)NC(C)(C)CC(=O)O. The molecule has 0 atom stereocenters. The maximum absolute atomic E-state index is 11.6. The Morgan fingerprint density at radius 2 is 1.71 bits per heavy atom. The van der Waals surface area contributed by atoms with E-state index in [2.05, 4.69) is 31.4 Å². The van der Waals surface area contributed by atoms with E-state index in [1.165, 1.54) is 0 Å². The van der Waals surface area contributed by atoms with Crippen LogP contribution in [0.4, 0.5) is 4.79 Å². The van der Waals surface area contributed by atoms with E-state index < -0.39 is 11.5 Å². The molecule has 0 fully saturated rings. The maximum atomic E-state index is 11.6. The molecule has 0 heterocycles. The molecule has 0 aliphatic heterocycles. The van der Waals surface area contributed by atoms with Gasteiger partial charge in [-0.15, -0.1) is 0 Å². The fraction of sp³-hybridized carbons (Fsp3) is 0.833. The van der Waals surface area contributed by atoms with Crippen molar-refractivity contribution in [1.29, 1.82) is 0 Å². The molecule has 0 aromatic heterocycles. The number of hydrogen-bond acceptors (Lipinski definition) is 2. The van der Waals surface area contributed by atoms with Gasteiger partial charge in [-0.05, 0) is 25.7 Å². The lowest BCUT2D eigenvalue weighted by Gasteiger charge is -2.27. The van der Waals surface area contributed by atoms with Crippen LogP contribution in [-0.2, 0) is 4.79 Å². The van der Waals surface area contributed by atoms with Crippen molar-refractivity contribution in [3.63, 3.8) is 0 Å². The maximum Gasteiger partial charge on any atom is 0.315 e. The van der Waals surface area contributed by atoms with E-state index in [0.29, 0.717) is 6.54 Å². The topological polar surface area (TPSA) is 78.4 Å². The molecule has 0 aromatic rings. The third-order valence-electron chi connectivity index (χ3n) is 2.73. The fourth-order valence-electron chi connectivity index (χ4n) is 1.22. The van der Waals surface area contributed by atoms with Crippen molar-refractivity contribution >= 4 is 12.0 Å². The van der Waals surface area contributed by atoms with Gasteiger partial charge in [0, 0.05) is 12.1 Å². The van der Waals surface area contributed by atoms with Gasteiger partial charge in [0.2, 0.25) is 0 Å². The van der Waals surface area contributed by atoms with Gasteiger partial charge in [0.25, 0.3) is 0 Å². The second kappa shape index (κ2) is 5.89. The third kappa shape index (κ3) is 7.60. The van der Waals surface area contributed by atoms with Gasteiger partial charge in [0.1, 0.15) is 0 Å². The van der Waals surface area contributed by atoms with Crippen LogP contribution in [0, 0.1) is 5.41 Å². The van der Waals surface area contributed by atoms with E-state index >= 15 is 0 Å². The van der Waals surface area contributed by atoms with Gasteiger partial charge in [0.15, 0.2) is 0 Å². The summed E-state index contributed by atoms with van der Waals surface area (Å²) in [6, 6.07) is -0.322. The Balaban J connectivity index is 4.14. The molecule has 0 unspecified atom stereocenters. The fourth-order valence-corrected chi connectivity index (χ4v) is 1.22. The summed E-state index contributed by atoms with van der Waals surface area (Å²) in [6.45, 7) is 10.1. The van der Waals surface area contributed by atoms with Crippen molar-refractivity contribution in [2.24, 2.45) is 5.41 Å². The first-order chi connectivity index (χ1) is 7.58. The highest BCUT2D eigenvalue weighted by molar-refractivity contribution is 5.76. The molecule has 5 nitrogen and oxygen atoms in total. The molecule has 0 bridgehead atoms.